The molecule has 0 aromatic heterocycles. The van der Waals surface area contributed by atoms with E-state index < -0.39 is 0 Å². The monoisotopic (exact) mass is 421 g/mol. The smallest absolute Gasteiger partial charge is 0.192 e. The first-order valence-corrected chi connectivity index (χ1v) is 8.44. The van der Waals surface area contributed by atoms with Crippen molar-refractivity contribution >= 4 is 29.9 Å². The number of nitrogens with zero attached hydrogens (tertiary/aromatic N) is 1. The molecule has 0 aromatic rings. The summed E-state index contributed by atoms with van der Waals surface area (Å²) in [6.07, 6.45) is 15.8. The molecule has 1 saturated carbocycles. The average molecular weight is 421 g/mol. The molecule has 0 aromatic carbocycles. The van der Waals surface area contributed by atoms with Crippen LogP contribution in [0.1, 0.15) is 58.3 Å². The van der Waals surface area contributed by atoms with Gasteiger partial charge in [-0.2, -0.15) is 0 Å². The molecule has 4 nitrogen and oxygen atoms in total. The molecule has 0 bridgehead atoms. The van der Waals surface area contributed by atoms with E-state index in [-0.39, 0.29) is 24.0 Å². The van der Waals surface area contributed by atoms with Crippen LogP contribution in [-0.2, 0) is 4.74 Å². The molecular weight excluding hydrogens is 389 g/mol. The maximum atomic E-state index is 5.92. The van der Waals surface area contributed by atoms with Gasteiger partial charge in [-0.15, -0.1) is 30.4 Å². The van der Waals surface area contributed by atoms with Gasteiger partial charge in [-0.3, -0.25) is 4.99 Å². The Morgan fingerprint density at radius 2 is 1.95 bits per heavy atom. The molecule has 128 valence electrons. The second kappa shape index (κ2) is 15.4. The molecule has 0 radical (unpaired) electrons. The van der Waals surface area contributed by atoms with Gasteiger partial charge in [0.05, 0.1) is 12.6 Å². The first kappa shape index (κ1) is 21.5. The van der Waals surface area contributed by atoms with Crippen LogP contribution in [-0.4, -0.2) is 38.3 Å². The highest BCUT2D eigenvalue weighted by Gasteiger charge is 2.12. The normalized spacial score (nSPS) is 15.7. The molecule has 1 aliphatic carbocycles. The number of hydrogen-bond acceptors (Lipinski definition) is 2. The van der Waals surface area contributed by atoms with Crippen molar-refractivity contribution in [1.82, 2.24) is 10.6 Å². The van der Waals surface area contributed by atoms with Crippen LogP contribution in [0.25, 0.3) is 0 Å². The number of guanidine groups is 1. The lowest BCUT2D eigenvalue weighted by Gasteiger charge is -2.21. The number of halogens is 1. The summed E-state index contributed by atoms with van der Waals surface area (Å²) in [7, 11) is 0. The molecular formula is C17H32IN3O. The lowest BCUT2D eigenvalue weighted by molar-refractivity contribution is 0.0264. The zero-order valence-electron chi connectivity index (χ0n) is 13.9. The molecule has 22 heavy (non-hydrogen) atoms. The number of unbranched alkanes of at least 4 members (excludes halogenated alkanes) is 2. The van der Waals surface area contributed by atoms with Crippen molar-refractivity contribution in [3.05, 3.63) is 0 Å². The number of aliphatic imine (C=N–C) groups is 1. The molecule has 0 aliphatic heterocycles. The minimum absolute atomic E-state index is 0. The highest BCUT2D eigenvalue weighted by Crippen LogP contribution is 2.20. The van der Waals surface area contributed by atoms with E-state index in [0.717, 1.165) is 38.5 Å². The van der Waals surface area contributed by atoms with E-state index >= 15 is 0 Å². The van der Waals surface area contributed by atoms with Gasteiger partial charge in [-0.1, -0.05) is 25.2 Å². The predicted molar refractivity (Wildman–Crippen MR) is 105 cm³/mol. The van der Waals surface area contributed by atoms with Crippen LogP contribution in [0.15, 0.2) is 4.99 Å². The Kier molecular flexibility index (Phi) is 15.1. The summed E-state index contributed by atoms with van der Waals surface area (Å²) in [4.78, 5) is 4.50. The quantitative estimate of drug-likeness (QED) is 0.197. The van der Waals surface area contributed by atoms with Gasteiger partial charge >= 0.3 is 0 Å². The van der Waals surface area contributed by atoms with E-state index in [4.69, 9.17) is 11.2 Å². The molecule has 1 fully saturated rings. The van der Waals surface area contributed by atoms with Crippen LogP contribution in [0.2, 0.25) is 0 Å². The minimum atomic E-state index is 0. The SMILES string of the molecule is C#CCNC(=NCCCCCOC1CCCCC1)NCC.I. The number of nitrogens with one attached hydrogen (secondary N) is 2. The topological polar surface area (TPSA) is 45.7 Å². The third kappa shape index (κ3) is 11.1. The van der Waals surface area contributed by atoms with Crippen molar-refractivity contribution in [2.24, 2.45) is 4.99 Å². The van der Waals surface area contributed by atoms with Gasteiger partial charge in [0.25, 0.3) is 0 Å². The summed E-state index contributed by atoms with van der Waals surface area (Å²) >= 11 is 0. The van der Waals surface area contributed by atoms with Gasteiger partial charge in [0, 0.05) is 19.7 Å². The van der Waals surface area contributed by atoms with Gasteiger partial charge < -0.3 is 15.4 Å². The first-order chi connectivity index (χ1) is 10.4. The van der Waals surface area contributed by atoms with Crippen molar-refractivity contribution in [3.8, 4) is 12.3 Å². The van der Waals surface area contributed by atoms with Gasteiger partial charge in [-0.05, 0) is 39.0 Å². The van der Waals surface area contributed by atoms with Crippen molar-refractivity contribution in [2.45, 2.75) is 64.4 Å². The molecule has 5 heteroatoms. The van der Waals surface area contributed by atoms with E-state index in [1.54, 1.807) is 0 Å². The lowest BCUT2D eigenvalue weighted by Crippen LogP contribution is -2.37. The van der Waals surface area contributed by atoms with Gasteiger partial charge in [0.2, 0.25) is 0 Å². The summed E-state index contributed by atoms with van der Waals surface area (Å²) in [5.74, 6) is 3.37. The molecule has 0 saturated heterocycles. The van der Waals surface area contributed by atoms with Crippen molar-refractivity contribution in [3.63, 3.8) is 0 Å². The highest BCUT2D eigenvalue weighted by atomic mass is 127. The second-order valence-electron chi connectivity index (χ2n) is 5.51. The Bertz CT molecular complexity index is 322. The molecule has 0 spiro atoms. The Morgan fingerprint density at radius 3 is 2.64 bits per heavy atom. The number of terminal acetylenes is 1. The van der Waals surface area contributed by atoms with Crippen LogP contribution in [0, 0.1) is 12.3 Å². The molecule has 1 rings (SSSR count). The molecule has 2 N–H and O–H groups in total. The van der Waals surface area contributed by atoms with E-state index in [1.165, 1.54) is 38.5 Å². The van der Waals surface area contributed by atoms with Crippen LogP contribution in [0.4, 0.5) is 0 Å². The van der Waals surface area contributed by atoms with Crippen LogP contribution >= 0.6 is 24.0 Å². The Morgan fingerprint density at radius 1 is 1.18 bits per heavy atom. The van der Waals surface area contributed by atoms with Gasteiger partial charge in [0.15, 0.2) is 5.96 Å². The van der Waals surface area contributed by atoms with Gasteiger partial charge in [-0.25, -0.2) is 0 Å². The van der Waals surface area contributed by atoms with Crippen LogP contribution in [0.3, 0.4) is 0 Å². The van der Waals surface area contributed by atoms with E-state index in [9.17, 15) is 0 Å². The van der Waals surface area contributed by atoms with Crippen LogP contribution in [0.5, 0.6) is 0 Å². The summed E-state index contributed by atoms with van der Waals surface area (Å²) in [6.45, 7) is 5.16. The van der Waals surface area contributed by atoms with E-state index in [1.807, 2.05) is 0 Å². The maximum absolute atomic E-state index is 5.92. The second-order valence-corrected chi connectivity index (χ2v) is 5.51. The number of ether oxygens (including phenoxy) is 1. The van der Waals surface area contributed by atoms with E-state index in [2.05, 4.69) is 28.5 Å². The summed E-state index contributed by atoms with van der Waals surface area (Å²) in [6, 6.07) is 0. The molecule has 1 aliphatic rings. The molecule has 0 atom stereocenters. The van der Waals surface area contributed by atoms with Crippen molar-refractivity contribution in [2.75, 3.05) is 26.2 Å². The summed E-state index contributed by atoms with van der Waals surface area (Å²) in [5.41, 5.74) is 0. The first-order valence-electron chi connectivity index (χ1n) is 8.44. The minimum Gasteiger partial charge on any atom is -0.378 e. The fraction of sp³-hybridized carbons (Fsp3) is 0.824. The maximum Gasteiger partial charge on any atom is 0.192 e. The average Bonchev–Trinajstić information content (AvgIpc) is 2.52. The lowest BCUT2D eigenvalue weighted by atomic mass is 9.98. The standard InChI is InChI=1S/C17H31N3O.HI/c1-3-13-19-17(18-4-2)20-14-9-6-10-15-21-16-11-7-5-8-12-16;/h1,16H,4-15H2,2H3,(H2,18,19,20);1H. The zero-order valence-corrected chi connectivity index (χ0v) is 16.2. The summed E-state index contributed by atoms with van der Waals surface area (Å²) in [5, 5.41) is 6.27. The Hall–Kier alpha value is -0.480. The number of hydrogen-bond donors (Lipinski definition) is 2. The fourth-order valence-corrected chi connectivity index (χ4v) is 2.54. The van der Waals surface area contributed by atoms with Gasteiger partial charge in [0.1, 0.15) is 0 Å². The van der Waals surface area contributed by atoms with Crippen molar-refractivity contribution in [1.29, 1.82) is 0 Å². The number of rotatable bonds is 9. The predicted octanol–water partition coefficient (Wildman–Crippen LogP) is 3.31. The highest BCUT2D eigenvalue weighted by molar-refractivity contribution is 14.0. The third-order valence-corrected chi connectivity index (χ3v) is 3.68. The fourth-order valence-electron chi connectivity index (χ4n) is 2.54. The third-order valence-electron chi connectivity index (χ3n) is 3.68. The molecule has 0 unspecified atom stereocenters. The largest absolute Gasteiger partial charge is 0.378 e. The molecule has 0 heterocycles. The van der Waals surface area contributed by atoms with E-state index in [0.29, 0.717) is 12.6 Å². The summed E-state index contributed by atoms with van der Waals surface area (Å²) < 4.78 is 5.92. The Balaban J connectivity index is 0.00000441. The molecule has 0 amide bonds. The zero-order chi connectivity index (χ0) is 15.2. The van der Waals surface area contributed by atoms with Crippen LogP contribution < -0.4 is 10.6 Å². The Labute approximate surface area is 153 Å². The van der Waals surface area contributed by atoms with Crippen molar-refractivity contribution < 1.29 is 4.74 Å².